The van der Waals surface area contributed by atoms with Gasteiger partial charge < -0.3 is 24.5 Å². The van der Waals surface area contributed by atoms with E-state index in [9.17, 15) is 9.59 Å². The second-order valence-electron chi connectivity index (χ2n) is 6.74. The Morgan fingerprint density at radius 3 is 2.53 bits per heavy atom. The molecule has 1 atom stereocenters. The number of hydrogen-bond acceptors (Lipinski definition) is 7. The standard InChI is InChI=1S/C22H24N4O5S/c1-4-26-20(14(2)31-18-7-5-6-17(12-18)30-3)24-25-22(26)32-13-19(27)23-16-10-8-15(9-11-16)21(28)29/h5-12,14H,4,13H2,1-3H3,(H,23,27)(H,28,29). The highest BCUT2D eigenvalue weighted by Crippen LogP contribution is 2.26. The molecule has 0 aliphatic heterocycles. The Hall–Kier alpha value is -3.53. The van der Waals surface area contributed by atoms with Gasteiger partial charge in [-0.3, -0.25) is 4.79 Å². The second-order valence-corrected chi connectivity index (χ2v) is 7.69. The van der Waals surface area contributed by atoms with E-state index < -0.39 is 5.97 Å². The zero-order chi connectivity index (χ0) is 23.1. The van der Waals surface area contributed by atoms with Gasteiger partial charge in [-0.05, 0) is 50.2 Å². The van der Waals surface area contributed by atoms with Crippen molar-refractivity contribution in [2.45, 2.75) is 31.7 Å². The molecule has 0 saturated heterocycles. The van der Waals surface area contributed by atoms with Crippen LogP contribution in [-0.4, -0.2) is 44.6 Å². The quantitative estimate of drug-likeness (QED) is 0.442. The van der Waals surface area contributed by atoms with Crippen molar-refractivity contribution >= 4 is 29.3 Å². The average Bonchev–Trinajstić information content (AvgIpc) is 3.21. The van der Waals surface area contributed by atoms with Crippen LogP contribution in [0.1, 0.15) is 36.1 Å². The molecule has 32 heavy (non-hydrogen) atoms. The summed E-state index contributed by atoms with van der Waals surface area (Å²) in [5, 5.41) is 20.8. The molecule has 0 aliphatic rings. The minimum Gasteiger partial charge on any atom is -0.497 e. The Balaban J connectivity index is 1.61. The van der Waals surface area contributed by atoms with Gasteiger partial charge in [0.25, 0.3) is 0 Å². The molecule has 0 bridgehead atoms. The lowest BCUT2D eigenvalue weighted by atomic mass is 10.2. The molecule has 0 spiro atoms. The molecule has 1 heterocycles. The van der Waals surface area contributed by atoms with Gasteiger partial charge in [0.15, 0.2) is 17.1 Å². The fraction of sp³-hybridized carbons (Fsp3) is 0.273. The van der Waals surface area contributed by atoms with Crippen molar-refractivity contribution in [3.05, 3.63) is 59.9 Å². The fourth-order valence-electron chi connectivity index (χ4n) is 2.96. The number of carboxylic acids is 1. The Bertz CT molecular complexity index is 1080. The lowest BCUT2D eigenvalue weighted by molar-refractivity contribution is -0.113. The van der Waals surface area contributed by atoms with Crippen LogP contribution < -0.4 is 14.8 Å². The van der Waals surface area contributed by atoms with Gasteiger partial charge >= 0.3 is 5.97 Å². The molecule has 3 aromatic rings. The third-order valence-corrected chi connectivity index (χ3v) is 5.49. The van der Waals surface area contributed by atoms with Crippen LogP contribution >= 0.6 is 11.8 Å². The summed E-state index contributed by atoms with van der Waals surface area (Å²) in [5.41, 5.74) is 0.685. The highest BCUT2D eigenvalue weighted by Gasteiger charge is 2.19. The van der Waals surface area contributed by atoms with Crippen LogP contribution in [0.3, 0.4) is 0 Å². The van der Waals surface area contributed by atoms with Crippen LogP contribution in [0, 0.1) is 0 Å². The number of carbonyl (C=O) groups excluding carboxylic acids is 1. The van der Waals surface area contributed by atoms with E-state index in [0.717, 1.165) is 0 Å². The van der Waals surface area contributed by atoms with Gasteiger partial charge in [0.1, 0.15) is 11.5 Å². The van der Waals surface area contributed by atoms with Gasteiger partial charge in [-0.1, -0.05) is 17.8 Å². The van der Waals surface area contributed by atoms with Crippen LogP contribution in [0.4, 0.5) is 5.69 Å². The zero-order valence-electron chi connectivity index (χ0n) is 17.9. The van der Waals surface area contributed by atoms with Crippen LogP contribution in [0.25, 0.3) is 0 Å². The first-order chi connectivity index (χ1) is 15.4. The van der Waals surface area contributed by atoms with E-state index in [-0.39, 0.29) is 23.3 Å². The monoisotopic (exact) mass is 456 g/mol. The minimum atomic E-state index is -1.02. The van der Waals surface area contributed by atoms with E-state index in [1.54, 1.807) is 25.3 Å². The normalized spacial score (nSPS) is 11.6. The number of ether oxygens (including phenoxy) is 2. The summed E-state index contributed by atoms with van der Waals surface area (Å²) in [6, 6.07) is 13.3. The van der Waals surface area contributed by atoms with E-state index in [1.807, 2.05) is 36.6 Å². The fourth-order valence-corrected chi connectivity index (χ4v) is 3.77. The highest BCUT2D eigenvalue weighted by atomic mass is 32.2. The number of aromatic nitrogens is 3. The number of carbonyl (C=O) groups is 2. The van der Waals surface area contributed by atoms with Crippen molar-refractivity contribution in [3.63, 3.8) is 0 Å². The van der Waals surface area contributed by atoms with Crippen LogP contribution in [-0.2, 0) is 11.3 Å². The molecule has 0 fully saturated rings. The molecule has 10 heteroatoms. The first-order valence-electron chi connectivity index (χ1n) is 9.91. The number of carboxylic acid groups (broad SMARTS) is 1. The molecule has 1 unspecified atom stereocenters. The van der Waals surface area contributed by atoms with E-state index >= 15 is 0 Å². The Kier molecular flexibility index (Phi) is 7.72. The molecule has 1 aromatic heterocycles. The molecule has 9 nitrogen and oxygen atoms in total. The molecule has 1 amide bonds. The number of aromatic carboxylic acids is 1. The molecule has 2 aromatic carbocycles. The van der Waals surface area contributed by atoms with Crippen LogP contribution in [0.5, 0.6) is 11.5 Å². The van der Waals surface area contributed by atoms with E-state index in [1.165, 1.54) is 23.9 Å². The smallest absolute Gasteiger partial charge is 0.335 e. The van der Waals surface area contributed by atoms with Crippen molar-refractivity contribution in [2.75, 3.05) is 18.2 Å². The second kappa shape index (κ2) is 10.7. The Morgan fingerprint density at radius 2 is 1.88 bits per heavy atom. The Morgan fingerprint density at radius 1 is 1.16 bits per heavy atom. The van der Waals surface area contributed by atoms with E-state index in [4.69, 9.17) is 14.6 Å². The third kappa shape index (κ3) is 5.79. The van der Waals surface area contributed by atoms with Crippen molar-refractivity contribution in [1.29, 1.82) is 0 Å². The molecule has 0 radical (unpaired) electrons. The van der Waals surface area contributed by atoms with Crippen molar-refractivity contribution in [3.8, 4) is 11.5 Å². The van der Waals surface area contributed by atoms with Gasteiger partial charge in [0, 0.05) is 18.3 Å². The summed E-state index contributed by atoms with van der Waals surface area (Å²) in [5.74, 6) is 0.895. The van der Waals surface area contributed by atoms with Gasteiger partial charge in [-0.15, -0.1) is 10.2 Å². The van der Waals surface area contributed by atoms with Crippen molar-refractivity contribution < 1.29 is 24.2 Å². The van der Waals surface area contributed by atoms with E-state index in [2.05, 4.69) is 15.5 Å². The number of anilines is 1. The Labute approximate surface area is 189 Å². The number of amides is 1. The largest absolute Gasteiger partial charge is 0.497 e. The predicted molar refractivity (Wildman–Crippen MR) is 120 cm³/mol. The number of thioether (sulfide) groups is 1. The van der Waals surface area contributed by atoms with Crippen LogP contribution in [0.2, 0.25) is 0 Å². The number of hydrogen-bond donors (Lipinski definition) is 2. The third-order valence-electron chi connectivity index (χ3n) is 4.53. The maximum atomic E-state index is 12.3. The topological polar surface area (TPSA) is 116 Å². The summed E-state index contributed by atoms with van der Waals surface area (Å²) >= 11 is 1.27. The molecule has 168 valence electrons. The lowest BCUT2D eigenvalue weighted by Gasteiger charge is -2.16. The molecule has 0 saturated carbocycles. The van der Waals surface area contributed by atoms with Gasteiger partial charge in [-0.25, -0.2) is 4.79 Å². The number of methoxy groups -OCH3 is 1. The van der Waals surface area contributed by atoms with Crippen molar-refractivity contribution in [2.24, 2.45) is 0 Å². The highest BCUT2D eigenvalue weighted by molar-refractivity contribution is 7.99. The summed E-state index contributed by atoms with van der Waals surface area (Å²) in [4.78, 5) is 23.2. The molecule has 0 aliphatic carbocycles. The lowest BCUT2D eigenvalue weighted by Crippen LogP contribution is -2.15. The SMILES string of the molecule is CCn1c(SCC(=O)Nc2ccc(C(=O)O)cc2)nnc1C(C)Oc1cccc(OC)c1. The number of nitrogens with one attached hydrogen (secondary N) is 1. The number of nitrogens with zero attached hydrogens (tertiary/aromatic N) is 3. The molecule has 3 rings (SSSR count). The van der Waals surface area contributed by atoms with Gasteiger partial charge in [0.2, 0.25) is 5.91 Å². The molecule has 2 N–H and O–H groups in total. The minimum absolute atomic E-state index is 0.129. The van der Waals surface area contributed by atoms with E-state index in [0.29, 0.717) is 34.7 Å². The number of benzene rings is 2. The average molecular weight is 457 g/mol. The summed E-state index contributed by atoms with van der Waals surface area (Å²) in [6.07, 6.45) is -0.356. The van der Waals surface area contributed by atoms with Gasteiger partial charge in [-0.2, -0.15) is 0 Å². The predicted octanol–water partition coefficient (Wildman–Crippen LogP) is 3.88. The zero-order valence-corrected chi connectivity index (χ0v) is 18.8. The summed E-state index contributed by atoms with van der Waals surface area (Å²) in [7, 11) is 1.60. The van der Waals surface area contributed by atoms with Crippen LogP contribution in [0.15, 0.2) is 53.7 Å². The molecular weight excluding hydrogens is 432 g/mol. The van der Waals surface area contributed by atoms with Crippen molar-refractivity contribution in [1.82, 2.24) is 14.8 Å². The van der Waals surface area contributed by atoms with Gasteiger partial charge in [0.05, 0.1) is 18.4 Å². The summed E-state index contributed by atoms with van der Waals surface area (Å²) < 4.78 is 13.1. The first kappa shape index (κ1) is 23.1. The maximum Gasteiger partial charge on any atom is 0.335 e. The molecular formula is C22H24N4O5S. The number of rotatable bonds is 10. The maximum absolute atomic E-state index is 12.3. The summed E-state index contributed by atoms with van der Waals surface area (Å²) in [6.45, 7) is 4.48. The first-order valence-corrected chi connectivity index (χ1v) is 10.9.